The van der Waals surface area contributed by atoms with Gasteiger partial charge in [-0.3, -0.25) is 0 Å². The van der Waals surface area contributed by atoms with Crippen LogP contribution in [0.4, 0.5) is 23.7 Å². The maximum atomic E-state index is 13.2. The highest BCUT2D eigenvalue weighted by Crippen LogP contribution is 2.35. The number of ether oxygens (including phenoxy) is 1. The molecule has 1 heterocycles. The number of hydrogen-bond acceptors (Lipinski definition) is 4. The van der Waals surface area contributed by atoms with Crippen molar-refractivity contribution < 1.29 is 22.7 Å². The van der Waals surface area contributed by atoms with Gasteiger partial charge < -0.3 is 10.1 Å². The predicted molar refractivity (Wildman–Crippen MR) is 75.8 cm³/mol. The summed E-state index contributed by atoms with van der Waals surface area (Å²) in [6, 6.07) is 3.87. The van der Waals surface area contributed by atoms with Crippen LogP contribution in [0.15, 0.2) is 23.3 Å². The van der Waals surface area contributed by atoms with Crippen molar-refractivity contribution in [3.63, 3.8) is 0 Å². The lowest BCUT2D eigenvalue weighted by Crippen LogP contribution is -2.31. The molecule has 0 bridgehead atoms. The van der Waals surface area contributed by atoms with Gasteiger partial charge in [0.1, 0.15) is 12.3 Å². The van der Waals surface area contributed by atoms with Gasteiger partial charge in [0, 0.05) is 17.8 Å². The number of nitrogens with zero attached hydrogens (tertiary/aromatic N) is 1. The van der Waals surface area contributed by atoms with Crippen LogP contribution in [0.25, 0.3) is 0 Å². The fraction of sp³-hybridized carbons (Fsp3) is 0.429. The molecule has 22 heavy (non-hydrogen) atoms. The first-order valence-electron chi connectivity index (χ1n) is 6.72. The molecular weight excluding hydrogens is 299 g/mol. The number of hydrogen-bond donors (Lipinski definition) is 2. The lowest BCUT2D eigenvalue weighted by Gasteiger charge is -2.18. The summed E-state index contributed by atoms with van der Waals surface area (Å²) in [5.41, 5.74) is 1.81. The van der Waals surface area contributed by atoms with Crippen molar-refractivity contribution in [2.45, 2.75) is 20.0 Å². The highest BCUT2D eigenvalue weighted by molar-refractivity contribution is 6.04. The fourth-order valence-electron chi connectivity index (χ4n) is 1.89. The number of carbonyl (C=O) groups is 1. The van der Waals surface area contributed by atoms with Crippen LogP contribution in [0, 0.1) is 5.92 Å². The zero-order chi connectivity index (χ0) is 16.3. The van der Waals surface area contributed by atoms with Crippen molar-refractivity contribution in [2.75, 3.05) is 18.5 Å². The van der Waals surface area contributed by atoms with E-state index in [-0.39, 0.29) is 29.5 Å². The third-order valence-electron chi connectivity index (χ3n) is 2.98. The van der Waals surface area contributed by atoms with Crippen LogP contribution < -0.4 is 10.7 Å². The summed E-state index contributed by atoms with van der Waals surface area (Å²) in [4.78, 5) is 10.8. The van der Waals surface area contributed by atoms with Crippen molar-refractivity contribution >= 4 is 17.5 Å². The molecule has 0 unspecified atom stereocenters. The molecular formula is C14H16F3N3O2. The Balaban J connectivity index is 2.33. The van der Waals surface area contributed by atoms with Crippen LogP contribution in [0.1, 0.15) is 25.0 Å². The SMILES string of the molecule is CC(C)CNc1ccc(C2=NNC(=O)OC2)cc1C(F)(F)F. The zero-order valence-corrected chi connectivity index (χ0v) is 12.1. The first-order chi connectivity index (χ1) is 10.3. The molecule has 8 heteroatoms. The molecule has 1 amide bonds. The van der Waals surface area contributed by atoms with E-state index in [2.05, 4.69) is 15.8 Å². The number of cyclic esters (lactones) is 1. The molecule has 5 nitrogen and oxygen atoms in total. The summed E-state index contributed by atoms with van der Waals surface area (Å²) < 4.78 is 44.3. The average Bonchev–Trinajstić information content (AvgIpc) is 2.45. The minimum Gasteiger partial charge on any atom is -0.442 e. The number of benzene rings is 1. The molecule has 1 aromatic rings. The summed E-state index contributed by atoms with van der Waals surface area (Å²) in [7, 11) is 0. The fourth-order valence-corrected chi connectivity index (χ4v) is 1.89. The molecule has 0 saturated heterocycles. The number of hydrazone groups is 1. The summed E-state index contributed by atoms with van der Waals surface area (Å²) in [6.45, 7) is 4.08. The van der Waals surface area contributed by atoms with E-state index in [1.807, 2.05) is 13.8 Å². The van der Waals surface area contributed by atoms with E-state index < -0.39 is 17.8 Å². The van der Waals surface area contributed by atoms with E-state index in [0.29, 0.717) is 6.54 Å². The van der Waals surface area contributed by atoms with Crippen LogP contribution in [0.3, 0.4) is 0 Å². The van der Waals surface area contributed by atoms with Gasteiger partial charge in [-0.25, -0.2) is 10.2 Å². The molecule has 120 valence electrons. The van der Waals surface area contributed by atoms with Gasteiger partial charge >= 0.3 is 12.3 Å². The second-order valence-electron chi connectivity index (χ2n) is 5.28. The van der Waals surface area contributed by atoms with Crippen LogP contribution in [-0.2, 0) is 10.9 Å². The molecule has 0 spiro atoms. The highest BCUT2D eigenvalue weighted by atomic mass is 19.4. The third-order valence-corrected chi connectivity index (χ3v) is 2.98. The minimum absolute atomic E-state index is 0.0197. The lowest BCUT2D eigenvalue weighted by atomic mass is 10.0. The third kappa shape index (κ3) is 3.90. The van der Waals surface area contributed by atoms with Crippen molar-refractivity contribution in [3.05, 3.63) is 29.3 Å². The first kappa shape index (κ1) is 16.1. The topological polar surface area (TPSA) is 62.7 Å². The van der Waals surface area contributed by atoms with E-state index >= 15 is 0 Å². The monoisotopic (exact) mass is 315 g/mol. The second kappa shape index (κ2) is 6.25. The van der Waals surface area contributed by atoms with Crippen molar-refractivity contribution in [3.8, 4) is 0 Å². The van der Waals surface area contributed by atoms with Gasteiger partial charge in [0.15, 0.2) is 0 Å². The van der Waals surface area contributed by atoms with Gasteiger partial charge in [0.2, 0.25) is 0 Å². The van der Waals surface area contributed by atoms with Gasteiger partial charge in [0.05, 0.1) is 5.56 Å². The molecule has 0 saturated carbocycles. The highest BCUT2D eigenvalue weighted by Gasteiger charge is 2.34. The van der Waals surface area contributed by atoms with Crippen LogP contribution in [0.5, 0.6) is 0 Å². The Morgan fingerprint density at radius 1 is 1.41 bits per heavy atom. The molecule has 0 radical (unpaired) electrons. The molecule has 0 fully saturated rings. The molecule has 1 aliphatic heterocycles. The predicted octanol–water partition coefficient (Wildman–Crippen LogP) is 3.22. The standard InChI is InChI=1S/C14H16F3N3O2/c1-8(2)6-18-11-4-3-9(5-10(11)14(15,16)17)12-7-22-13(21)20-19-12/h3-5,8,18H,6-7H2,1-2H3,(H,20,21). The summed E-state index contributed by atoms with van der Waals surface area (Å²) in [5.74, 6) is 0.215. The number of carbonyl (C=O) groups excluding carboxylic acids is 1. The van der Waals surface area contributed by atoms with Gasteiger partial charge in [-0.15, -0.1) is 0 Å². The Bertz CT molecular complexity index is 597. The minimum atomic E-state index is -4.49. The Kier molecular flexibility index (Phi) is 4.58. The number of rotatable bonds is 4. The van der Waals surface area contributed by atoms with E-state index in [9.17, 15) is 18.0 Å². The molecule has 0 atom stereocenters. The number of nitrogens with one attached hydrogen (secondary N) is 2. The zero-order valence-electron chi connectivity index (χ0n) is 12.1. The van der Waals surface area contributed by atoms with Gasteiger partial charge in [-0.05, 0) is 18.1 Å². The molecule has 1 aromatic carbocycles. The Labute approximate surface area is 125 Å². The van der Waals surface area contributed by atoms with Crippen molar-refractivity contribution in [2.24, 2.45) is 11.0 Å². The van der Waals surface area contributed by atoms with Crippen molar-refractivity contribution in [1.82, 2.24) is 5.43 Å². The van der Waals surface area contributed by atoms with Crippen LogP contribution >= 0.6 is 0 Å². The molecule has 1 aliphatic rings. The normalized spacial score (nSPS) is 15.2. The maximum Gasteiger partial charge on any atom is 0.428 e. The lowest BCUT2D eigenvalue weighted by molar-refractivity contribution is -0.137. The van der Waals surface area contributed by atoms with E-state index in [1.165, 1.54) is 12.1 Å². The summed E-state index contributed by atoms with van der Waals surface area (Å²) >= 11 is 0. The van der Waals surface area contributed by atoms with E-state index in [1.54, 1.807) is 0 Å². The maximum absolute atomic E-state index is 13.2. The summed E-state index contributed by atoms with van der Waals surface area (Å²) in [6.07, 6.45) is -5.22. The quantitative estimate of drug-likeness (QED) is 0.897. The Hall–Kier alpha value is -2.25. The molecule has 2 N–H and O–H groups in total. The largest absolute Gasteiger partial charge is 0.442 e. The number of alkyl halides is 3. The molecule has 2 rings (SSSR count). The smallest absolute Gasteiger partial charge is 0.428 e. The van der Waals surface area contributed by atoms with Crippen LogP contribution in [0.2, 0.25) is 0 Å². The Morgan fingerprint density at radius 2 is 2.14 bits per heavy atom. The average molecular weight is 315 g/mol. The van der Waals surface area contributed by atoms with E-state index in [0.717, 1.165) is 6.07 Å². The number of amides is 1. The molecule has 0 aromatic heterocycles. The number of halogens is 3. The van der Waals surface area contributed by atoms with Gasteiger partial charge in [0.25, 0.3) is 0 Å². The first-order valence-corrected chi connectivity index (χ1v) is 6.72. The number of anilines is 1. The van der Waals surface area contributed by atoms with Gasteiger partial charge in [-0.2, -0.15) is 18.3 Å². The van der Waals surface area contributed by atoms with E-state index in [4.69, 9.17) is 4.74 Å². The van der Waals surface area contributed by atoms with Crippen molar-refractivity contribution in [1.29, 1.82) is 0 Å². The van der Waals surface area contributed by atoms with Gasteiger partial charge in [-0.1, -0.05) is 19.9 Å². The van der Waals surface area contributed by atoms with Crippen LogP contribution in [-0.4, -0.2) is 25.0 Å². The Morgan fingerprint density at radius 3 is 2.68 bits per heavy atom. The second-order valence-corrected chi connectivity index (χ2v) is 5.28. The summed E-state index contributed by atoms with van der Waals surface area (Å²) in [5, 5.41) is 6.51. The molecule has 0 aliphatic carbocycles.